The van der Waals surface area contributed by atoms with Crippen molar-refractivity contribution in [2.75, 3.05) is 5.43 Å². The molecule has 0 radical (unpaired) electrons. The third-order valence-electron chi connectivity index (χ3n) is 4.55. The van der Waals surface area contributed by atoms with Gasteiger partial charge in [-0.25, -0.2) is 0 Å². The van der Waals surface area contributed by atoms with Crippen LogP contribution in [-0.4, -0.2) is 20.1 Å². The van der Waals surface area contributed by atoms with Gasteiger partial charge in [-0.3, -0.25) is 25.7 Å². The zero-order valence-corrected chi connectivity index (χ0v) is 16.1. The number of aromatic nitrogens is 1. The van der Waals surface area contributed by atoms with E-state index in [2.05, 4.69) is 27.2 Å². The zero-order chi connectivity index (χ0) is 21.1. The number of benzene rings is 2. The summed E-state index contributed by atoms with van der Waals surface area (Å²) in [6, 6.07) is 15.3. The van der Waals surface area contributed by atoms with Crippen LogP contribution in [0.5, 0.6) is 0 Å². The predicted molar refractivity (Wildman–Crippen MR) is 111 cm³/mol. The van der Waals surface area contributed by atoms with E-state index < -0.39 is 15.5 Å². The van der Waals surface area contributed by atoms with Crippen LogP contribution in [0.15, 0.2) is 59.7 Å². The molecule has 0 amide bonds. The lowest BCUT2D eigenvalue weighted by Gasteiger charge is -2.10. The summed E-state index contributed by atoms with van der Waals surface area (Å²) in [7, 11) is 0. The van der Waals surface area contributed by atoms with E-state index in [1.807, 2.05) is 38.1 Å². The van der Waals surface area contributed by atoms with Crippen LogP contribution in [0, 0.1) is 34.1 Å². The first-order valence-corrected chi connectivity index (χ1v) is 8.77. The van der Waals surface area contributed by atoms with Gasteiger partial charge in [-0.1, -0.05) is 12.1 Å². The second-order valence-electron chi connectivity index (χ2n) is 6.52. The first-order chi connectivity index (χ1) is 13.8. The van der Waals surface area contributed by atoms with E-state index in [0.29, 0.717) is 5.71 Å². The monoisotopic (exact) mass is 393 g/mol. The van der Waals surface area contributed by atoms with Gasteiger partial charge in [-0.15, -0.1) is 0 Å². The van der Waals surface area contributed by atoms with Crippen molar-refractivity contribution >= 4 is 22.8 Å². The Hall–Kier alpha value is -4.01. The minimum Gasteiger partial charge on any atom is -0.319 e. The average molecular weight is 393 g/mol. The Balaban J connectivity index is 1.83. The molecule has 3 rings (SSSR count). The highest BCUT2D eigenvalue weighted by molar-refractivity contribution is 5.99. The number of non-ortho nitro benzene ring substituents is 1. The maximum Gasteiger partial charge on any atom is 0.301 e. The van der Waals surface area contributed by atoms with Crippen molar-refractivity contribution in [2.24, 2.45) is 5.10 Å². The molecule has 0 aliphatic heterocycles. The number of hydrazone groups is 1. The molecule has 0 atom stereocenters. The number of nitrogens with zero attached hydrogens (tertiary/aromatic N) is 4. The molecule has 0 saturated heterocycles. The SMILES string of the molecule is C/C(=N\Nc1ccc([N+](=O)[O-])cc1[N+](=O)[O-])c1ccc(-n2c(C)ccc2C)cc1. The van der Waals surface area contributed by atoms with E-state index in [4.69, 9.17) is 0 Å². The maximum absolute atomic E-state index is 11.2. The fourth-order valence-corrected chi connectivity index (χ4v) is 3.02. The van der Waals surface area contributed by atoms with Crippen LogP contribution in [0.2, 0.25) is 0 Å². The molecule has 1 aromatic heterocycles. The normalized spacial score (nSPS) is 11.3. The van der Waals surface area contributed by atoms with Gasteiger partial charge in [0, 0.05) is 23.1 Å². The molecule has 0 unspecified atom stereocenters. The highest BCUT2D eigenvalue weighted by atomic mass is 16.6. The van der Waals surface area contributed by atoms with Gasteiger partial charge >= 0.3 is 5.69 Å². The molecule has 1 N–H and O–H groups in total. The fraction of sp³-hybridized carbons (Fsp3) is 0.150. The molecular formula is C20H19N5O4. The number of hydrogen-bond donors (Lipinski definition) is 1. The Morgan fingerprint density at radius 1 is 0.931 bits per heavy atom. The van der Waals surface area contributed by atoms with Gasteiger partial charge in [0.25, 0.3) is 5.69 Å². The highest BCUT2D eigenvalue weighted by Crippen LogP contribution is 2.29. The molecule has 2 aromatic carbocycles. The summed E-state index contributed by atoms with van der Waals surface area (Å²) >= 11 is 0. The first kappa shape index (κ1) is 19.7. The van der Waals surface area contributed by atoms with E-state index in [9.17, 15) is 20.2 Å². The van der Waals surface area contributed by atoms with Crippen LogP contribution in [0.1, 0.15) is 23.9 Å². The van der Waals surface area contributed by atoms with E-state index >= 15 is 0 Å². The van der Waals surface area contributed by atoms with Crippen molar-refractivity contribution in [1.29, 1.82) is 0 Å². The Kier molecular flexibility index (Phi) is 5.40. The minimum absolute atomic E-state index is 0.0789. The predicted octanol–water partition coefficient (Wildman–Crippen LogP) is 4.75. The molecule has 0 fully saturated rings. The largest absolute Gasteiger partial charge is 0.319 e. The van der Waals surface area contributed by atoms with Gasteiger partial charge in [0.1, 0.15) is 5.69 Å². The second kappa shape index (κ2) is 7.93. The lowest BCUT2D eigenvalue weighted by atomic mass is 10.1. The van der Waals surface area contributed by atoms with Gasteiger partial charge in [0.05, 0.1) is 21.6 Å². The van der Waals surface area contributed by atoms with Crippen LogP contribution in [0.4, 0.5) is 17.1 Å². The molecule has 0 bridgehead atoms. The average Bonchev–Trinajstić information content (AvgIpc) is 3.04. The van der Waals surface area contributed by atoms with Crippen molar-refractivity contribution in [3.05, 3.63) is 91.8 Å². The van der Waals surface area contributed by atoms with E-state index in [-0.39, 0.29) is 11.4 Å². The molecule has 3 aromatic rings. The number of anilines is 1. The van der Waals surface area contributed by atoms with Gasteiger partial charge in [-0.2, -0.15) is 5.10 Å². The van der Waals surface area contributed by atoms with Gasteiger partial charge in [0.2, 0.25) is 0 Å². The van der Waals surface area contributed by atoms with Crippen molar-refractivity contribution in [3.8, 4) is 5.69 Å². The smallest absolute Gasteiger partial charge is 0.301 e. The third-order valence-corrected chi connectivity index (χ3v) is 4.55. The summed E-state index contributed by atoms with van der Waals surface area (Å²) in [5.74, 6) is 0. The Morgan fingerprint density at radius 3 is 2.10 bits per heavy atom. The number of nitro groups is 2. The number of nitrogens with one attached hydrogen (secondary N) is 1. The number of nitro benzene ring substituents is 2. The molecule has 0 aliphatic rings. The second-order valence-corrected chi connectivity index (χ2v) is 6.52. The van der Waals surface area contributed by atoms with E-state index in [1.165, 1.54) is 12.1 Å². The molecule has 0 aliphatic carbocycles. The zero-order valence-electron chi connectivity index (χ0n) is 16.1. The molecule has 0 spiro atoms. The first-order valence-electron chi connectivity index (χ1n) is 8.77. The van der Waals surface area contributed by atoms with Crippen molar-refractivity contribution in [3.63, 3.8) is 0 Å². The van der Waals surface area contributed by atoms with Crippen LogP contribution in [-0.2, 0) is 0 Å². The molecular weight excluding hydrogens is 374 g/mol. The molecule has 29 heavy (non-hydrogen) atoms. The summed E-state index contributed by atoms with van der Waals surface area (Å²) in [6.45, 7) is 5.84. The molecule has 9 heteroatoms. The minimum atomic E-state index is -0.684. The summed E-state index contributed by atoms with van der Waals surface area (Å²) in [6.07, 6.45) is 0. The fourth-order valence-electron chi connectivity index (χ4n) is 3.02. The number of rotatable bonds is 6. The highest BCUT2D eigenvalue weighted by Gasteiger charge is 2.19. The Morgan fingerprint density at radius 2 is 1.55 bits per heavy atom. The van der Waals surface area contributed by atoms with Gasteiger partial charge in [0.15, 0.2) is 0 Å². The molecule has 9 nitrogen and oxygen atoms in total. The van der Waals surface area contributed by atoms with Gasteiger partial charge < -0.3 is 4.57 Å². The van der Waals surface area contributed by atoms with Crippen LogP contribution >= 0.6 is 0 Å². The van der Waals surface area contributed by atoms with Crippen LogP contribution in [0.25, 0.3) is 5.69 Å². The van der Waals surface area contributed by atoms with E-state index in [1.54, 1.807) is 6.92 Å². The standard InChI is InChI=1S/C20H19N5O4/c1-13-4-5-14(2)23(13)17-8-6-16(7-9-17)15(3)21-22-19-11-10-18(24(26)27)12-20(19)25(28)29/h4-12,22H,1-3H3/b21-15+. The summed E-state index contributed by atoms with van der Waals surface area (Å²) in [4.78, 5) is 20.7. The lowest BCUT2D eigenvalue weighted by molar-refractivity contribution is -0.393. The summed E-state index contributed by atoms with van der Waals surface area (Å²) < 4.78 is 2.13. The Bertz CT molecular complexity index is 1100. The maximum atomic E-state index is 11.2. The summed E-state index contributed by atoms with van der Waals surface area (Å²) in [5.41, 5.74) is 6.70. The summed E-state index contributed by atoms with van der Waals surface area (Å²) in [5, 5.41) is 26.2. The topological polar surface area (TPSA) is 116 Å². The van der Waals surface area contributed by atoms with Crippen molar-refractivity contribution < 1.29 is 9.85 Å². The lowest BCUT2D eigenvalue weighted by Crippen LogP contribution is -2.03. The molecule has 0 saturated carbocycles. The third kappa shape index (κ3) is 4.13. The van der Waals surface area contributed by atoms with Crippen LogP contribution < -0.4 is 5.43 Å². The quantitative estimate of drug-likeness (QED) is 0.369. The molecule has 148 valence electrons. The van der Waals surface area contributed by atoms with Crippen LogP contribution in [0.3, 0.4) is 0 Å². The number of aryl methyl sites for hydroxylation is 2. The Labute approximate surface area is 166 Å². The van der Waals surface area contributed by atoms with E-state index in [0.717, 1.165) is 28.7 Å². The van der Waals surface area contributed by atoms with Crippen molar-refractivity contribution in [2.45, 2.75) is 20.8 Å². The van der Waals surface area contributed by atoms with Crippen molar-refractivity contribution in [1.82, 2.24) is 4.57 Å². The number of hydrogen-bond acceptors (Lipinski definition) is 6. The molecule has 1 heterocycles. The van der Waals surface area contributed by atoms with Gasteiger partial charge in [-0.05, 0) is 56.7 Å².